The van der Waals surface area contributed by atoms with Crippen molar-refractivity contribution in [3.8, 4) is 17.2 Å². The average molecular weight is 583 g/mol. The molecule has 0 aliphatic carbocycles. The minimum absolute atomic E-state index is 0.134. The van der Waals surface area contributed by atoms with Crippen LogP contribution in [0.2, 0.25) is 0 Å². The molecule has 0 saturated carbocycles. The second kappa shape index (κ2) is 11.6. The van der Waals surface area contributed by atoms with Gasteiger partial charge in [-0.05, 0) is 53.1 Å². The van der Waals surface area contributed by atoms with Crippen molar-refractivity contribution < 1.29 is 60.0 Å². The minimum atomic E-state index is -3.79. The van der Waals surface area contributed by atoms with Crippen LogP contribution in [0.15, 0.2) is 72.8 Å². The van der Waals surface area contributed by atoms with E-state index in [1.807, 2.05) is 0 Å². The van der Waals surface area contributed by atoms with Crippen LogP contribution in [-0.2, 0) is 38.4 Å². The van der Waals surface area contributed by atoms with E-state index in [1.54, 1.807) is 0 Å². The Kier molecular flexibility index (Phi) is 8.51. The van der Waals surface area contributed by atoms with Gasteiger partial charge in [0.1, 0.15) is 23.4 Å². The molecule has 0 spiro atoms. The van der Waals surface area contributed by atoms with Crippen molar-refractivity contribution in [2.75, 3.05) is 6.61 Å². The summed E-state index contributed by atoms with van der Waals surface area (Å²) in [4.78, 5) is 41.4. The highest BCUT2D eigenvalue weighted by Gasteiger charge is 2.79. The summed E-state index contributed by atoms with van der Waals surface area (Å²) in [7, 11) is 0. The van der Waals surface area contributed by atoms with Crippen molar-refractivity contribution in [3.63, 3.8) is 0 Å². The van der Waals surface area contributed by atoms with Gasteiger partial charge in [-0.2, -0.15) is 0 Å². The SMILES string of the molecule is O=C(Cc1ccc(O)cc1)[C@]1(O)[C@@](O)(C(=O)Cc2ccc(O)cc2)[C@@H](CO)OC(O)[C@@]1(O)C(=O)Cc1ccc(O)cc1. The molecule has 0 bridgehead atoms. The number of aliphatic hydroxyl groups is 5. The molecule has 1 aliphatic rings. The summed E-state index contributed by atoms with van der Waals surface area (Å²) in [5, 5.41) is 85.7. The van der Waals surface area contributed by atoms with E-state index >= 15 is 0 Å². The number of hydrogen-bond donors (Lipinski definition) is 8. The molecule has 0 radical (unpaired) electrons. The number of rotatable bonds is 10. The molecule has 1 fully saturated rings. The zero-order valence-electron chi connectivity index (χ0n) is 22.1. The van der Waals surface area contributed by atoms with Crippen molar-refractivity contribution in [1.29, 1.82) is 0 Å². The average Bonchev–Trinajstić information content (AvgIpc) is 2.97. The van der Waals surface area contributed by atoms with Gasteiger partial charge in [0.25, 0.3) is 0 Å². The van der Waals surface area contributed by atoms with Crippen LogP contribution in [-0.4, -0.2) is 94.0 Å². The maximum atomic E-state index is 14.0. The maximum Gasteiger partial charge on any atom is 0.213 e. The van der Waals surface area contributed by atoms with E-state index in [9.17, 15) is 55.2 Å². The van der Waals surface area contributed by atoms with E-state index < -0.39 is 72.4 Å². The summed E-state index contributed by atoms with van der Waals surface area (Å²) in [6, 6.07) is 15.1. The fourth-order valence-electron chi connectivity index (χ4n) is 5.17. The fraction of sp³-hybridized carbons (Fsp3) is 0.300. The van der Waals surface area contributed by atoms with Gasteiger partial charge < -0.3 is 45.6 Å². The third-order valence-electron chi connectivity index (χ3n) is 7.54. The first kappa shape index (κ1) is 30.8. The van der Waals surface area contributed by atoms with Gasteiger partial charge >= 0.3 is 0 Å². The summed E-state index contributed by atoms with van der Waals surface area (Å²) < 4.78 is 5.17. The summed E-state index contributed by atoms with van der Waals surface area (Å²) in [5.74, 6) is -4.69. The van der Waals surface area contributed by atoms with Crippen LogP contribution in [0.4, 0.5) is 0 Å². The van der Waals surface area contributed by atoms with Crippen molar-refractivity contribution in [1.82, 2.24) is 0 Å². The van der Waals surface area contributed by atoms with E-state index in [2.05, 4.69) is 0 Å². The third-order valence-corrected chi connectivity index (χ3v) is 7.54. The quantitative estimate of drug-likeness (QED) is 0.151. The first-order valence-electron chi connectivity index (χ1n) is 12.8. The second-order valence-electron chi connectivity index (χ2n) is 10.2. The van der Waals surface area contributed by atoms with E-state index in [-0.39, 0.29) is 33.9 Å². The Hall–Kier alpha value is -4.17. The predicted molar refractivity (Wildman–Crippen MR) is 143 cm³/mol. The number of carbonyl (C=O) groups is 3. The second-order valence-corrected chi connectivity index (χ2v) is 10.2. The lowest BCUT2D eigenvalue weighted by Gasteiger charge is -2.57. The van der Waals surface area contributed by atoms with E-state index in [4.69, 9.17) is 4.74 Å². The van der Waals surface area contributed by atoms with Gasteiger partial charge in [-0.3, -0.25) is 14.4 Å². The molecule has 8 N–H and O–H groups in total. The van der Waals surface area contributed by atoms with Gasteiger partial charge in [-0.1, -0.05) is 36.4 Å². The van der Waals surface area contributed by atoms with Gasteiger partial charge in [0.2, 0.25) is 11.2 Å². The number of hydrogen-bond acceptors (Lipinski definition) is 12. The van der Waals surface area contributed by atoms with Crippen LogP contribution >= 0.6 is 0 Å². The van der Waals surface area contributed by atoms with Crippen LogP contribution in [0.1, 0.15) is 16.7 Å². The Labute approximate surface area is 239 Å². The first-order chi connectivity index (χ1) is 19.8. The highest BCUT2D eigenvalue weighted by molar-refractivity contribution is 6.08. The topological polar surface area (TPSA) is 222 Å². The number of aliphatic hydroxyl groups excluding tert-OH is 2. The predicted octanol–water partition coefficient (Wildman–Crippen LogP) is -0.559. The van der Waals surface area contributed by atoms with E-state index in [0.717, 1.165) is 0 Å². The summed E-state index contributed by atoms with van der Waals surface area (Å²) in [6.45, 7) is -1.23. The molecule has 12 nitrogen and oxygen atoms in total. The van der Waals surface area contributed by atoms with Gasteiger partial charge in [-0.25, -0.2) is 0 Å². The van der Waals surface area contributed by atoms with Gasteiger partial charge in [0, 0.05) is 19.3 Å². The van der Waals surface area contributed by atoms with E-state index in [1.165, 1.54) is 72.8 Å². The standard InChI is InChI=1S/C30H30O12/c31-16-26-28(39,23(35)13-17-1-7-20(32)8-2-17)30(41,25(37)15-19-5-11-22(34)12-6-19)29(40,27(38)42-26)24(36)14-18-3-9-21(33)10-4-18/h1-12,26-27,31-34,38-41H,13-16H2/t26-,27?,28-,29+,30+/m1/s1. The van der Waals surface area contributed by atoms with Crippen LogP contribution in [0.25, 0.3) is 0 Å². The number of ether oxygens (including phenoxy) is 1. The van der Waals surface area contributed by atoms with Crippen molar-refractivity contribution in [3.05, 3.63) is 89.5 Å². The zero-order valence-corrected chi connectivity index (χ0v) is 22.1. The lowest BCUT2D eigenvalue weighted by atomic mass is 9.59. The largest absolute Gasteiger partial charge is 0.508 e. The Balaban J connectivity index is 1.87. The summed E-state index contributed by atoms with van der Waals surface area (Å²) in [6.07, 6.45) is -7.16. The normalized spacial score (nSPS) is 27.4. The monoisotopic (exact) mass is 582 g/mol. The van der Waals surface area contributed by atoms with Gasteiger partial charge in [0.05, 0.1) is 6.61 Å². The van der Waals surface area contributed by atoms with E-state index in [0.29, 0.717) is 0 Å². The molecule has 1 heterocycles. The lowest BCUT2D eigenvalue weighted by Crippen LogP contribution is -2.87. The third kappa shape index (κ3) is 5.15. The molecular weight excluding hydrogens is 552 g/mol. The number of carbonyl (C=O) groups excluding carboxylic acids is 3. The number of phenols is 3. The molecule has 42 heavy (non-hydrogen) atoms. The van der Waals surface area contributed by atoms with Crippen LogP contribution in [0.5, 0.6) is 17.2 Å². The highest BCUT2D eigenvalue weighted by Crippen LogP contribution is 2.47. The van der Waals surface area contributed by atoms with Crippen LogP contribution in [0.3, 0.4) is 0 Å². The molecule has 1 saturated heterocycles. The maximum absolute atomic E-state index is 14.0. The Morgan fingerprint density at radius 2 is 0.929 bits per heavy atom. The summed E-state index contributed by atoms with van der Waals surface area (Å²) >= 11 is 0. The van der Waals surface area contributed by atoms with Crippen LogP contribution < -0.4 is 0 Å². The Morgan fingerprint density at radius 1 is 0.595 bits per heavy atom. The molecule has 1 aliphatic heterocycles. The molecule has 4 rings (SSSR count). The van der Waals surface area contributed by atoms with Crippen molar-refractivity contribution in [2.45, 2.75) is 48.5 Å². The Morgan fingerprint density at radius 3 is 1.29 bits per heavy atom. The molecule has 222 valence electrons. The number of phenolic OH excluding ortho intramolecular Hbond substituents is 3. The molecule has 1 unspecified atom stereocenters. The molecule has 12 heteroatoms. The number of benzene rings is 3. The summed E-state index contributed by atoms with van der Waals surface area (Å²) in [5.41, 5.74) is -10.5. The lowest BCUT2D eigenvalue weighted by molar-refractivity contribution is -0.360. The van der Waals surface area contributed by atoms with Crippen molar-refractivity contribution in [2.24, 2.45) is 0 Å². The minimum Gasteiger partial charge on any atom is -0.508 e. The number of aromatic hydroxyl groups is 3. The van der Waals surface area contributed by atoms with Crippen molar-refractivity contribution >= 4 is 17.3 Å². The Bertz CT molecular complexity index is 1450. The number of Topliss-reactive ketones (excluding diaryl/α,β-unsaturated/α-hetero) is 3. The molecule has 5 atom stereocenters. The van der Waals surface area contributed by atoms with Gasteiger partial charge in [0.15, 0.2) is 29.2 Å². The number of ketones is 3. The molecule has 0 amide bonds. The molecular formula is C30H30O12. The smallest absolute Gasteiger partial charge is 0.213 e. The van der Waals surface area contributed by atoms with Crippen LogP contribution in [0, 0.1) is 0 Å². The molecule has 3 aromatic carbocycles. The van der Waals surface area contributed by atoms with Gasteiger partial charge in [-0.15, -0.1) is 0 Å². The zero-order chi connectivity index (χ0) is 30.9. The first-order valence-corrected chi connectivity index (χ1v) is 12.8. The fourth-order valence-corrected chi connectivity index (χ4v) is 5.17. The highest BCUT2D eigenvalue weighted by atomic mass is 16.6. The molecule has 0 aromatic heterocycles. The molecule has 3 aromatic rings.